The molecule has 2 amide bonds. The summed E-state index contributed by atoms with van der Waals surface area (Å²) >= 11 is 0. The van der Waals surface area contributed by atoms with Gasteiger partial charge in [0.15, 0.2) is 0 Å². The predicted molar refractivity (Wildman–Crippen MR) is 53.5 cm³/mol. The van der Waals surface area contributed by atoms with Gasteiger partial charge in [0.05, 0.1) is 6.54 Å². The Kier molecular flexibility index (Phi) is 2.54. The number of carbonyl (C=O) groups excluding carboxylic acids is 1. The topological polar surface area (TPSA) is 60.9 Å². The molecular weight excluding hydrogens is 196 g/mol. The molecule has 0 spiro atoms. The molecule has 2 aliphatic rings. The Morgan fingerprint density at radius 3 is 2.53 bits per heavy atom. The molecule has 0 aromatic rings. The lowest BCUT2D eigenvalue weighted by Crippen LogP contribution is -2.45. The average molecular weight is 212 g/mol. The molecule has 84 valence electrons. The number of hydrogen-bond donors (Lipinski definition) is 1. The fourth-order valence-electron chi connectivity index (χ4n) is 2.55. The molecule has 1 saturated carbocycles. The highest BCUT2D eigenvalue weighted by Crippen LogP contribution is 2.29. The van der Waals surface area contributed by atoms with Gasteiger partial charge in [0.2, 0.25) is 0 Å². The van der Waals surface area contributed by atoms with Gasteiger partial charge in [-0.05, 0) is 12.8 Å². The maximum Gasteiger partial charge on any atom is 0.328 e. The van der Waals surface area contributed by atoms with Gasteiger partial charge in [-0.15, -0.1) is 0 Å². The second-order valence-corrected chi connectivity index (χ2v) is 4.36. The summed E-state index contributed by atoms with van der Waals surface area (Å²) in [5.41, 5.74) is 0. The van der Waals surface area contributed by atoms with Crippen LogP contribution in [0.15, 0.2) is 0 Å². The molecule has 1 atom stereocenters. The standard InChI is InChI=1S/C10H16N2O3/c1-11-6-8(9(13)14)12(10(11)15)7-4-2-3-5-7/h7-8H,2-6H2,1H3,(H,13,14). The third kappa shape index (κ3) is 1.66. The second-order valence-electron chi connectivity index (χ2n) is 4.36. The van der Waals surface area contributed by atoms with Crippen molar-refractivity contribution >= 4 is 12.0 Å². The number of rotatable bonds is 2. The average Bonchev–Trinajstić information content (AvgIpc) is 2.76. The maximum atomic E-state index is 11.8. The van der Waals surface area contributed by atoms with E-state index in [1.165, 1.54) is 4.90 Å². The molecule has 1 N–H and O–H groups in total. The van der Waals surface area contributed by atoms with Crippen LogP contribution in [0.25, 0.3) is 0 Å². The van der Waals surface area contributed by atoms with Crippen LogP contribution in [0.3, 0.4) is 0 Å². The van der Waals surface area contributed by atoms with E-state index in [-0.39, 0.29) is 12.1 Å². The Hall–Kier alpha value is -1.26. The number of aliphatic carboxylic acids is 1. The number of carboxylic acids is 1. The predicted octanol–water partition coefficient (Wildman–Crippen LogP) is 0.750. The van der Waals surface area contributed by atoms with Gasteiger partial charge in [0, 0.05) is 13.1 Å². The van der Waals surface area contributed by atoms with Crippen LogP contribution in [0.1, 0.15) is 25.7 Å². The zero-order valence-electron chi connectivity index (χ0n) is 8.85. The molecule has 1 aliphatic carbocycles. The molecule has 0 aromatic heterocycles. The summed E-state index contributed by atoms with van der Waals surface area (Å²) in [6.45, 7) is 0.310. The summed E-state index contributed by atoms with van der Waals surface area (Å²) in [6, 6.07) is -0.636. The molecule has 1 heterocycles. The molecular formula is C10H16N2O3. The number of hydrogen-bond acceptors (Lipinski definition) is 2. The molecule has 2 rings (SSSR count). The second kappa shape index (κ2) is 3.72. The first-order chi connectivity index (χ1) is 7.11. The summed E-state index contributed by atoms with van der Waals surface area (Å²) in [5, 5.41) is 9.06. The van der Waals surface area contributed by atoms with Crippen molar-refractivity contribution in [3.8, 4) is 0 Å². The third-order valence-corrected chi connectivity index (χ3v) is 3.33. The highest BCUT2D eigenvalue weighted by Gasteiger charge is 2.43. The zero-order chi connectivity index (χ0) is 11.0. The summed E-state index contributed by atoms with van der Waals surface area (Å²) < 4.78 is 0. The minimum Gasteiger partial charge on any atom is -0.480 e. The van der Waals surface area contributed by atoms with Crippen molar-refractivity contribution in [3.63, 3.8) is 0 Å². The number of carbonyl (C=O) groups is 2. The van der Waals surface area contributed by atoms with E-state index in [0.717, 1.165) is 25.7 Å². The minimum absolute atomic E-state index is 0.130. The number of amides is 2. The first kappa shape index (κ1) is 10.3. The van der Waals surface area contributed by atoms with E-state index in [1.807, 2.05) is 0 Å². The van der Waals surface area contributed by atoms with Crippen molar-refractivity contribution in [1.29, 1.82) is 0 Å². The smallest absolute Gasteiger partial charge is 0.328 e. The van der Waals surface area contributed by atoms with Gasteiger partial charge in [-0.25, -0.2) is 9.59 Å². The van der Waals surface area contributed by atoms with Crippen LogP contribution in [0, 0.1) is 0 Å². The van der Waals surface area contributed by atoms with Crippen molar-refractivity contribution in [1.82, 2.24) is 9.80 Å². The van der Waals surface area contributed by atoms with Crippen LogP contribution in [0.5, 0.6) is 0 Å². The van der Waals surface area contributed by atoms with Gasteiger partial charge in [-0.1, -0.05) is 12.8 Å². The summed E-state index contributed by atoms with van der Waals surface area (Å²) in [6.07, 6.45) is 4.10. The van der Waals surface area contributed by atoms with Crippen molar-refractivity contribution in [3.05, 3.63) is 0 Å². The van der Waals surface area contributed by atoms with E-state index < -0.39 is 12.0 Å². The molecule has 1 aliphatic heterocycles. The zero-order valence-corrected chi connectivity index (χ0v) is 8.85. The quantitative estimate of drug-likeness (QED) is 0.734. The molecule has 2 fully saturated rings. The van der Waals surface area contributed by atoms with E-state index in [0.29, 0.717) is 6.54 Å². The van der Waals surface area contributed by atoms with Crippen molar-refractivity contribution in [2.24, 2.45) is 0 Å². The number of likely N-dealkylation sites (N-methyl/N-ethyl adjacent to an activating group) is 1. The Balaban J connectivity index is 2.17. The molecule has 1 unspecified atom stereocenters. The molecule has 0 aromatic carbocycles. The lowest BCUT2D eigenvalue weighted by molar-refractivity contribution is -0.141. The van der Waals surface area contributed by atoms with Crippen LogP contribution >= 0.6 is 0 Å². The molecule has 1 saturated heterocycles. The van der Waals surface area contributed by atoms with Gasteiger partial charge in [0.25, 0.3) is 0 Å². The maximum absolute atomic E-state index is 11.8. The third-order valence-electron chi connectivity index (χ3n) is 3.33. The number of carboxylic acid groups (broad SMARTS) is 1. The van der Waals surface area contributed by atoms with Gasteiger partial charge in [-0.2, -0.15) is 0 Å². The fourth-order valence-corrected chi connectivity index (χ4v) is 2.55. The van der Waals surface area contributed by atoms with E-state index in [9.17, 15) is 9.59 Å². The highest BCUT2D eigenvalue weighted by molar-refractivity contribution is 5.86. The van der Waals surface area contributed by atoms with E-state index in [1.54, 1.807) is 11.9 Å². The molecule has 5 nitrogen and oxygen atoms in total. The first-order valence-electron chi connectivity index (χ1n) is 5.37. The van der Waals surface area contributed by atoms with E-state index in [4.69, 9.17) is 5.11 Å². The summed E-state index contributed by atoms with van der Waals surface area (Å²) in [4.78, 5) is 25.9. The molecule has 0 bridgehead atoms. The number of urea groups is 1. The largest absolute Gasteiger partial charge is 0.480 e. The minimum atomic E-state index is -0.889. The highest BCUT2D eigenvalue weighted by atomic mass is 16.4. The van der Waals surface area contributed by atoms with Crippen molar-refractivity contribution in [2.45, 2.75) is 37.8 Å². The Morgan fingerprint density at radius 1 is 1.40 bits per heavy atom. The monoisotopic (exact) mass is 212 g/mol. The molecule has 5 heteroatoms. The van der Waals surface area contributed by atoms with Crippen LogP contribution in [-0.4, -0.2) is 52.6 Å². The van der Waals surface area contributed by atoms with Crippen molar-refractivity contribution < 1.29 is 14.7 Å². The van der Waals surface area contributed by atoms with Crippen molar-refractivity contribution in [2.75, 3.05) is 13.6 Å². The van der Waals surface area contributed by atoms with Gasteiger partial charge >= 0.3 is 12.0 Å². The Bertz CT molecular complexity index is 286. The normalized spacial score (nSPS) is 27.8. The number of nitrogens with zero attached hydrogens (tertiary/aromatic N) is 2. The Labute approximate surface area is 88.6 Å². The summed E-state index contributed by atoms with van der Waals surface area (Å²) in [7, 11) is 1.66. The van der Waals surface area contributed by atoms with Gasteiger partial charge < -0.3 is 14.9 Å². The summed E-state index contributed by atoms with van der Waals surface area (Å²) in [5.74, 6) is -0.889. The van der Waals surface area contributed by atoms with Gasteiger partial charge in [0.1, 0.15) is 6.04 Å². The SMILES string of the molecule is CN1CC(C(=O)O)N(C2CCCC2)C1=O. The van der Waals surface area contributed by atoms with E-state index in [2.05, 4.69) is 0 Å². The lowest BCUT2D eigenvalue weighted by atomic mass is 10.1. The van der Waals surface area contributed by atoms with Gasteiger partial charge in [-0.3, -0.25) is 0 Å². The van der Waals surface area contributed by atoms with E-state index >= 15 is 0 Å². The van der Waals surface area contributed by atoms with Crippen LogP contribution in [0.2, 0.25) is 0 Å². The fraction of sp³-hybridized carbons (Fsp3) is 0.800. The first-order valence-corrected chi connectivity index (χ1v) is 5.37. The molecule has 0 radical (unpaired) electrons. The van der Waals surface area contributed by atoms with Crippen LogP contribution in [0.4, 0.5) is 4.79 Å². The lowest BCUT2D eigenvalue weighted by Gasteiger charge is -2.26. The Morgan fingerprint density at radius 2 is 2.00 bits per heavy atom. The van der Waals surface area contributed by atoms with Crippen LogP contribution < -0.4 is 0 Å². The molecule has 15 heavy (non-hydrogen) atoms. The van der Waals surface area contributed by atoms with Crippen LogP contribution in [-0.2, 0) is 4.79 Å².